The lowest BCUT2D eigenvalue weighted by atomic mass is 10.2. The summed E-state index contributed by atoms with van der Waals surface area (Å²) in [7, 11) is 1.23. The van der Waals surface area contributed by atoms with Gasteiger partial charge < -0.3 is 9.47 Å². The zero-order valence-corrected chi connectivity index (χ0v) is 9.23. The predicted octanol–water partition coefficient (Wildman–Crippen LogP) is 2.61. The molecule has 0 fully saturated rings. The summed E-state index contributed by atoms with van der Waals surface area (Å²) in [6.45, 7) is 0. The number of benzene rings is 1. The van der Waals surface area contributed by atoms with Crippen LogP contribution in [0.1, 0.15) is 5.56 Å². The van der Waals surface area contributed by atoms with Crippen LogP contribution in [0, 0.1) is 0 Å². The van der Waals surface area contributed by atoms with Crippen molar-refractivity contribution >= 4 is 29.1 Å². The Labute approximate surface area is 97.4 Å². The van der Waals surface area contributed by atoms with E-state index in [-0.39, 0.29) is 0 Å². The van der Waals surface area contributed by atoms with Crippen molar-refractivity contribution in [3.8, 4) is 5.75 Å². The van der Waals surface area contributed by atoms with E-state index in [1.54, 1.807) is 30.3 Å². The third-order valence-electron chi connectivity index (χ3n) is 1.65. The molecule has 1 aromatic rings. The van der Waals surface area contributed by atoms with Crippen LogP contribution >= 0.6 is 11.6 Å². The molecule has 1 rings (SSSR count). The molecule has 0 aliphatic rings. The summed E-state index contributed by atoms with van der Waals surface area (Å²) < 4.78 is 9.09. The van der Waals surface area contributed by atoms with Crippen LogP contribution in [-0.2, 0) is 9.53 Å². The summed E-state index contributed by atoms with van der Waals surface area (Å²) in [6, 6.07) is 6.51. The van der Waals surface area contributed by atoms with Crippen LogP contribution in [0.3, 0.4) is 0 Å². The highest BCUT2D eigenvalue weighted by atomic mass is 35.5. The summed E-state index contributed by atoms with van der Waals surface area (Å²) in [5.74, 6) is 0.362. The molecule has 0 saturated carbocycles. The average molecular weight is 241 g/mol. The number of allylic oxidation sites excluding steroid dienone is 1. The van der Waals surface area contributed by atoms with E-state index in [1.807, 2.05) is 0 Å². The summed E-state index contributed by atoms with van der Waals surface area (Å²) in [5, 5.41) is -0.546. The van der Waals surface area contributed by atoms with E-state index in [4.69, 9.17) is 16.3 Å². The van der Waals surface area contributed by atoms with Gasteiger partial charge in [-0.3, -0.25) is 4.79 Å². The SMILES string of the molecule is COC(=O)Oc1ccc(/C=C/C(=O)Cl)cc1. The number of carbonyl (C=O) groups is 2. The van der Waals surface area contributed by atoms with E-state index in [0.717, 1.165) is 5.56 Å². The van der Waals surface area contributed by atoms with Crippen molar-refractivity contribution in [2.45, 2.75) is 0 Å². The lowest BCUT2D eigenvalue weighted by Gasteiger charge is -2.01. The van der Waals surface area contributed by atoms with E-state index in [1.165, 1.54) is 13.2 Å². The first-order valence-corrected chi connectivity index (χ1v) is 4.73. The minimum atomic E-state index is -0.778. The first kappa shape index (κ1) is 12.3. The largest absolute Gasteiger partial charge is 0.513 e. The van der Waals surface area contributed by atoms with Crippen LogP contribution in [0.25, 0.3) is 6.08 Å². The number of hydrogen-bond acceptors (Lipinski definition) is 4. The van der Waals surface area contributed by atoms with Gasteiger partial charge in [-0.25, -0.2) is 4.79 Å². The summed E-state index contributed by atoms with van der Waals surface area (Å²) >= 11 is 5.13. The van der Waals surface area contributed by atoms with Crippen LogP contribution in [0.2, 0.25) is 0 Å². The van der Waals surface area contributed by atoms with Crippen molar-refractivity contribution in [3.05, 3.63) is 35.9 Å². The molecule has 0 unspecified atom stereocenters. The topological polar surface area (TPSA) is 52.6 Å². The monoisotopic (exact) mass is 240 g/mol. The van der Waals surface area contributed by atoms with Crippen molar-refractivity contribution in [2.24, 2.45) is 0 Å². The lowest BCUT2D eigenvalue weighted by Crippen LogP contribution is -2.06. The third kappa shape index (κ3) is 4.14. The molecule has 0 radical (unpaired) electrons. The van der Waals surface area contributed by atoms with Gasteiger partial charge in [0.05, 0.1) is 7.11 Å². The average Bonchev–Trinajstić information content (AvgIpc) is 2.28. The van der Waals surface area contributed by atoms with Gasteiger partial charge in [-0.1, -0.05) is 18.2 Å². The van der Waals surface area contributed by atoms with Gasteiger partial charge in [0.25, 0.3) is 0 Å². The molecule has 0 atom stereocenters. The minimum absolute atomic E-state index is 0.362. The van der Waals surface area contributed by atoms with Crippen molar-refractivity contribution in [1.29, 1.82) is 0 Å². The number of halogens is 1. The number of hydrogen-bond donors (Lipinski definition) is 0. The molecule has 16 heavy (non-hydrogen) atoms. The molecule has 0 bridgehead atoms. The fourth-order valence-electron chi connectivity index (χ4n) is 0.947. The van der Waals surface area contributed by atoms with Crippen molar-refractivity contribution in [3.63, 3.8) is 0 Å². The molecule has 0 aliphatic carbocycles. The molecule has 0 N–H and O–H groups in total. The van der Waals surface area contributed by atoms with Gasteiger partial charge in [-0.2, -0.15) is 0 Å². The van der Waals surface area contributed by atoms with E-state index in [9.17, 15) is 9.59 Å². The van der Waals surface area contributed by atoms with Gasteiger partial charge in [0.15, 0.2) is 0 Å². The molecule has 0 aromatic heterocycles. The highest BCUT2D eigenvalue weighted by Gasteiger charge is 2.02. The number of methoxy groups -OCH3 is 1. The summed E-state index contributed by atoms with van der Waals surface area (Å²) in [6.07, 6.45) is 2.01. The van der Waals surface area contributed by atoms with E-state index >= 15 is 0 Å². The van der Waals surface area contributed by atoms with E-state index < -0.39 is 11.4 Å². The second-order valence-electron chi connectivity index (χ2n) is 2.76. The van der Waals surface area contributed by atoms with Crippen molar-refractivity contribution in [2.75, 3.05) is 7.11 Å². The minimum Gasteiger partial charge on any atom is -0.437 e. The van der Waals surface area contributed by atoms with Crippen LogP contribution in [0.5, 0.6) is 5.75 Å². The normalized spacial score (nSPS) is 10.1. The van der Waals surface area contributed by atoms with Gasteiger partial charge in [-0.05, 0) is 35.4 Å². The van der Waals surface area contributed by atoms with E-state index in [0.29, 0.717) is 5.75 Å². The first-order chi connectivity index (χ1) is 7.61. The zero-order valence-electron chi connectivity index (χ0n) is 8.48. The molecule has 0 aliphatic heterocycles. The quantitative estimate of drug-likeness (QED) is 0.353. The van der Waals surface area contributed by atoms with Gasteiger partial charge in [0.2, 0.25) is 5.24 Å². The zero-order chi connectivity index (χ0) is 12.0. The van der Waals surface area contributed by atoms with Crippen LogP contribution < -0.4 is 4.74 Å². The van der Waals surface area contributed by atoms with Gasteiger partial charge >= 0.3 is 6.16 Å². The Kier molecular flexibility index (Phi) is 4.54. The maximum Gasteiger partial charge on any atom is 0.513 e. The Morgan fingerprint density at radius 2 is 1.88 bits per heavy atom. The number of rotatable bonds is 3. The van der Waals surface area contributed by atoms with Gasteiger partial charge in [0.1, 0.15) is 5.75 Å². The van der Waals surface area contributed by atoms with Crippen molar-refractivity contribution in [1.82, 2.24) is 0 Å². The number of carbonyl (C=O) groups excluding carboxylic acids is 2. The highest BCUT2D eigenvalue weighted by Crippen LogP contribution is 2.13. The Morgan fingerprint density at radius 3 is 2.38 bits per heavy atom. The van der Waals surface area contributed by atoms with Gasteiger partial charge in [-0.15, -0.1) is 0 Å². The molecule has 0 amide bonds. The molecule has 0 saturated heterocycles. The molecule has 5 heteroatoms. The molecule has 84 valence electrons. The second-order valence-corrected chi connectivity index (χ2v) is 3.14. The number of ether oxygens (including phenoxy) is 2. The Balaban J connectivity index is 2.68. The van der Waals surface area contributed by atoms with Gasteiger partial charge in [0, 0.05) is 0 Å². The smallest absolute Gasteiger partial charge is 0.437 e. The van der Waals surface area contributed by atoms with Crippen LogP contribution in [-0.4, -0.2) is 18.5 Å². The highest BCUT2D eigenvalue weighted by molar-refractivity contribution is 6.66. The summed E-state index contributed by atoms with van der Waals surface area (Å²) in [5.41, 5.74) is 0.770. The first-order valence-electron chi connectivity index (χ1n) is 4.35. The molecular formula is C11H9ClO4. The van der Waals surface area contributed by atoms with Crippen molar-refractivity contribution < 1.29 is 19.1 Å². The fraction of sp³-hybridized carbons (Fsp3) is 0.0909. The maximum atomic E-state index is 10.8. The Hall–Kier alpha value is -1.81. The molecule has 4 nitrogen and oxygen atoms in total. The standard InChI is InChI=1S/C11H9ClO4/c1-15-11(14)16-9-5-2-8(3-6-9)4-7-10(12)13/h2-7H,1H3/b7-4+. The molecule has 0 spiro atoms. The molecular weight excluding hydrogens is 232 g/mol. The predicted molar refractivity (Wildman–Crippen MR) is 59.4 cm³/mol. The van der Waals surface area contributed by atoms with Crippen LogP contribution in [0.15, 0.2) is 30.3 Å². The molecule has 0 heterocycles. The maximum absolute atomic E-state index is 10.8. The molecule has 1 aromatic carbocycles. The Bertz CT molecular complexity index is 408. The van der Waals surface area contributed by atoms with Crippen LogP contribution in [0.4, 0.5) is 4.79 Å². The Morgan fingerprint density at radius 1 is 1.25 bits per heavy atom. The van der Waals surface area contributed by atoms with E-state index in [2.05, 4.69) is 4.74 Å². The summed E-state index contributed by atoms with van der Waals surface area (Å²) in [4.78, 5) is 21.2. The fourth-order valence-corrected chi connectivity index (χ4v) is 1.01. The lowest BCUT2D eigenvalue weighted by molar-refractivity contribution is -0.107. The third-order valence-corrected chi connectivity index (χ3v) is 1.78. The second kappa shape index (κ2) is 5.92.